The van der Waals surface area contributed by atoms with E-state index in [-0.39, 0.29) is 12.2 Å². The Morgan fingerprint density at radius 1 is 0.867 bits per heavy atom. The van der Waals surface area contributed by atoms with E-state index >= 15 is 0 Å². The first-order chi connectivity index (χ1) is 7.12. The Morgan fingerprint density at radius 3 is 1.67 bits per heavy atom. The molecule has 0 aromatic rings. The molecule has 15 heavy (non-hydrogen) atoms. The molecule has 4 atom stereocenters. The lowest BCUT2D eigenvalue weighted by Crippen LogP contribution is -2.32. The normalized spacial score (nSPS) is 54.8. The Balaban J connectivity index is 1.73. The molecule has 4 nitrogen and oxygen atoms in total. The van der Waals surface area contributed by atoms with Gasteiger partial charge in [0, 0.05) is 12.8 Å². The molecule has 3 fully saturated rings. The average Bonchev–Trinajstić information content (AvgIpc) is 2.81. The van der Waals surface area contributed by atoms with Gasteiger partial charge in [0.05, 0.1) is 18.6 Å². The summed E-state index contributed by atoms with van der Waals surface area (Å²) in [6.07, 6.45) is 5.14. The maximum absolute atomic E-state index is 5.80. The first-order valence-electron chi connectivity index (χ1n) is 5.84. The Kier molecular flexibility index (Phi) is 2.12. The lowest BCUT2D eigenvalue weighted by atomic mass is 10.0. The third kappa shape index (κ3) is 1.60. The zero-order valence-corrected chi connectivity index (χ0v) is 9.32. The molecule has 3 aliphatic rings. The van der Waals surface area contributed by atoms with Crippen molar-refractivity contribution in [1.29, 1.82) is 0 Å². The maximum Gasteiger partial charge on any atom is 0.207 e. The quantitative estimate of drug-likeness (QED) is 0.579. The highest BCUT2D eigenvalue weighted by Gasteiger charge is 2.58. The molecule has 0 aliphatic carbocycles. The number of ether oxygens (including phenoxy) is 2. The Bertz CT molecular complexity index is 243. The molecule has 0 unspecified atom stereocenters. The lowest BCUT2D eigenvalue weighted by Gasteiger charge is -2.21. The summed E-state index contributed by atoms with van der Waals surface area (Å²) in [7, 11) is 0. The van der Waals surface area contributed by atoms with E-state index in [2.05, 4.69) is 13.8 Å². The summed E-state index contributed by atoms with van der Waals surface area (Å²) in [5.41, 5.74) is 0. The number of rotatable bonds is 0. The van der Waals surface area contributed by atoms with Crippen LogP contribution in [0.4, 0.5) is 0 Å². The van der Waals surface area contributed by atoms with E-state index < -0.39 is 11.6 Å². The number of hydrogen-bond donors (Lipinski definition) is 0. The molecule has 3 rings (SSSR count). The molecule has 4 heteroatoms. The van der Waals surface area contributed by atoms with Crippen molar-refractivity contribution in [3.63, 3.8) is 0 Å². The predicted octanol–water partition coefficient (Wildman–Crippen LogP) is 2.13. The first-order valence-corrected chi connectivity index (χ1v) is 5.84. The van der Waals surface area contributed by atoms with E-state index in [9.17, 15) is 0 Å². The molecule has 0 saturated carbocycles. The monoisotopic (exact) mass is 214 g/mol. The van der Waals surface area contributed by atoms with Crippen LogP contribution in [0.3, 0.4) is 0 Å². The molecule has 0 radical (unpaired) electrons. The van der Waals surface area contributed by atoms with Crippen molar-refractivity contribution in [2.24, 2.45) is 0 Å². The summed E-state index contributed by atoms with van der Waals surface area (Å²) in [6.45, 7) is 4.14. The van der Waals surface area contributed by atoms with E-state index in [4.69, 9.17) is 19.2 Å². The van der Waals surface area contributed by atoms with Crippen LogP contribution in [0.2, 0.25) is 0 Å². The fourth-order valence-electron chi connectivity index (χ4n) is 2.82. The first kappa shape index (κ1) is 10.0. The van der Waals surface area contributed by atoms with Gasteiger partial charge in [-0.3, -0.25) is 0 Å². The average molecular weight is 214 g/mol. The molecule has 3 saturated heterocycles. The van der Waals surface area contributed by atoms with Crippen LogP contribution in [-0.4, -0.2) is 23.8 Å². The van der Waals surface area contributed by atoms with Crippen LogP contribution in [0.1, 0.15) is 46.0 Å². The predicted molar refractivity (Wildman–Crippen MR) is 51.8 cm³/mol. The molecule has 0 aromatic heterocycles. The van der Waals surface area contributed by atoms with Crippen molar-refractivity contribution in [3.8, 4) is 0 Å². The van der Waals surface area contributed by atoms with E-state index in [0.717, 1.165) is 25.7 Å². The minimum Gasteiger partial charge on any atom is -0.344 e. The number of hydrogen-bond acceptors (Lipinski definition) is 4. The third-order valence-electron chi connectivity index (χ3n) is 3.58. The Morgan fingerprint density at radius 2 is 1.33 bits per heavy atom. The van der Waals surface area contributed by atoms with Gasteiger partial charge < -0.3 is 9.47 Å². The summed E-state index contributed by atoms with van der Waals surface area (Å²) in [5.74, 6) is -1.05. The van der Waals surface area contributed by atoms with Crippen molar-refractivity contribution in [3.05, 3.63) is 0 Å². The van der Waals surface area contributed by atoms with E-state index in [1.54, 1.807) is 0 Å². The highest BCUT2D eigenvalue weighted by molar-refractivity contribution is 4.91. The highest BCUT2D eigenvalue weighted by Crippen LogP contribution is 2.50. The van der Waals surface area contributed by atoms with Gasteiger partial charge in [-0.05, 0) is 26.7 Å². The van der Waals surface area contributed by atoms with Crippen LogP contribution < -0.4 is 0 Å². The van der Waals surface area contributed by atoms with E-state index in [1.807, 2.05) is 0 Å². The van der Waals surface area contributed by atoms with E-state index in [0.29, 0.717) is 6.42 Å². The second kappa shape index (κ2) is 3.17. The van der Waals surface area contributed by atoms with Crippen LogP contribution in [0, 0.1) is 0 Å². The molecule has 0 amide bonds. The molecular weight excluding hydrogens is 196 g/mol. The van der Waals surface area contributed by atoms with Gasteiger partial charge in [0.25, 0.3) is 0 Å². The highest BCUT2D eigenvalue weighted by atomic mass is 17.3. The summed E-state index contributed by atoms with van der Waals surface area (Å²) < 4.78 is 11.6. The van der Waals surface area contributed by atoms with Gasteiger partial charge in [0.2, 0.25) is 11.6 Å². The van der Waals surface area contributed by atoms with Crippen LogP contribution in [0.25, 0.3) is 0 Å². The molecule has 0 bridgehead atoms. The molecule has 2 spiro atoms. The van der Waals surface area contributed by atoms with Gasteiger partial charge in [-0.2, -0.15) is 9.78 Å². The fourth-order valence-corrected chi connectivity index (χ4v) is 2.82. The van der Waals surface area contributed by atoms with Crippen molar-refractivity contribution in [2.75, 3.05) is 0 Å². The van der Waals surface area contributed by atoms with Crippen LogP contribution >= 0.6 is 0 Å². The minimum atomic E-state index is -0.524. The minimum absolute atomic E-state index is 0.266. The van der Waals surface area contributed by atoms with Crippen molar-refractivity contribution < 1.29 is 19.2 Å². The summed E-state index contributed by atoms with van der Waals surface area (Å²) in [5, 5.41) is 0. The Labute approximate surface area is 89.8 Å². The fraction of sp³-hybridized carbons (Fsp3) is 1.00. The van der Waals surface area contributed by atoms with Crippen LogP contribution in [0.5, 0.6) is 0 Å². The molecule has 0 aromatic carbocycles. The largest absolute Gasteiger partial charge is 0.344 e. The molecule has 3 aliphatic heterocycles. The molecule has 3 heterocycles. The summed E-state index contributed by atoms with van der Waals surface area (Å²) in [6, 6.07) is 0. The van der Waals surface area contributed by atoms with E-state index in [1.165, 1.54) is 0 Å². The van der Waals surface area contributed by atoms with Crippen LogP contribution in [-0.2, 0) is 19.2 Å². The van der Waals surface area contributed by atoms with Gasteiger partial charge in [0.1, 0.15) is 0 Å². The van der Waals surface area contributed by atoms with Gasteiger partial charge in [-0.25, -0.2) is 0 Å². The maximum atomic E-state index is 5.80. The van der Waals surface area contributed by atoms with Gasteiger partial charge in [0.15, 0.2) is 0 Å². The second-order valence-electron chi connectivity index (χ2n) is 5.10. The smallest absolute Gasteiger partial charge is 0.207 e. The molecule has 86 valence electrons. The third-order valence-corrected chi connectivity index (χ3v) is 3.58. The molecule has 0 N–H and O–H groups in total. The van der Waals surface area contributed by atoms with Crippen molar-refractivity contribution in [2.45, 2.75) is 69.7 Å². The second-order valence-corrected chi connectivity index (χ2v) is 5.10. The zero-order valence-electron chi connectivity index (χ0n) is 9.32. The van der Waals surface area contributed by atoms with Gasteiger partial charge in [-0.15, -0.1) is 0 Å². The van der Waals surface area contributed by atoms with Crippen molar-refractivity contribution in [1.82, 2.24) is 0 Å². The topological polar surface area (TPSA) is 36.9 Å². The standard InChI is InChI=1S/C11H18O4/c1-8-3-5-10(12-8)7-11(15-14-10)6-4-9(2)13-11/h8-9H,3-7H2,1-2H3/t8-,9+,10-,11-/m1/s1. The Hall–Kier alpha value is -0.160. The lowest BCUT2D eigenvalue weighted by molar-refractivity contribution is -0.426. The summed E-state index contributed by atoms with van der Waals surface area (Å²) >= 11 is 0. The van der Waals surface area contributed by atoms with Crippen LogP contribution in [0.15, 0.2) is 0 Å². The summed E-state index contributed by atoms with van der Waals surface area (Å²) in [4.78, 5) is 10.8. The zero-order chi connectivity index (χ0) is 10.5. The van der Waals surface area contributed by atoms with Gasteiger partial charge >= 0.3 is 0 Å². The van der Waals surface area contributed by atoms with Crippen molar-refractivity contribution >= 4 is 0 Å². The molecular formula is C11H18O4. The SMILES string of the molecule is C[C@@H]1CC[C@@]2(C[C@@]3(CC[C@H](C)O3)OO2)O1. The van der Waals surface area contributed by atoms with Gasteiger partial charge in [-0.1, -0.05) is 0 Å².